The van der Waals surface area contributed by atoms with Gasteiger partial charge in [-0.2, -0.15) is 5.26 Å². The van der Waals surface area contributed by atoms with E-state index in [2.05, 4.69) is 23.1 Å². The molecule has 0 bridgehead atoms. The second-order valence-corrected chi connectivity index (χ2v) is 8.23. The molecule has 1 saturated heterocycles. The van der Waals surface area contributed by atoms with Crippen molar-refractivity contribution in [1.82, 2.24) is 9.80 Å². The van der Waals surface area contributed by atoms with E-state index in [9.17, 15) is 15.2 Å². The monoisotopic (exact) mass is 421 g/mol. The van der Waals surface area contributed by atoms with Crippen molar-refractivity contribution < 1.29 is 14.6 Å². The molecule has 2 aromatic rings. The number of phenols is 1. The third-order valence-electron chi connectivity index (χ3n) is 5.28. The Kier molecular flexibility index (Phi) is 5.98. The predicted molar refractivity (Wildman–Crippen MR) is 115 cm³/mol. The zero-order valence-electron chi connectivity index (χ0n) is 16.7. The number of carbonyl (C=O) groups excluding carboxylic acids is 1. The van der Waals surface area contributed by atoms with Crippen LogP contribution in [0.2, 0.25) is 0 Å². The Labute approximate surface area is 180 Å². The van der Waals surface area contributed by atoms with E-state index in [0.29, 0.717) is 30.5 Å². The van der Waals surface area contributed by atoms with Crippen LogP contribution >= 0.6 is 11.8 Å². The molecule has 0 unspecified atom stereocenters. The highest BCUT2D eigenvalue weighted by atomic mass is 32.2. The average Bonchev–Trinajstić information content (AvgIpc) is 2.76. The topological polar surface area (TPSA) is 76.8 Å². The van der Waals surface area contributed by atoms with Crippen LogP contribution < -0.4 is 4.74 Å². The lowest BCUT2D eigenvalue weighted by Crippen LogP contribution is -2.46. The summed E-state index contributed by atoms with van der Waals surface area (Å²) in [7, 11) is 0. The first kappa shape index (κ1) is 20.3. The molecule has 1 amide bonds. The van der Waals surface area contributed by atoms with E-state index in [1.165, 1.54) is 17.3 Å². The molecule has 2 aromatic carbocycles. The van der Waals surface area contributed by atoms with Crippen molar-refractivity contribution in [1.29, 1.82) is 5.26 Å². The normalized spacial score (nSPS) is 19.4. The number of nitrogens with zero attached hydrogens (tertiary/aromatic N) is 3. The van der Waals surface area contributed by atoms with Crippen LogP contribution in [-0.4, -0.2) is 40.0 Å². The highest BCUT2D eigenvalue weighted by Crippen LogP contribution is 2.44. The predicted octanol–water partition coefficient (Wildman–Crippen LogP) is 4.01. The van der Waals surface area contributed by atoms with E-state index in [0.717, 1.165) is 17.1 Å². The third kappa shape index (κ3) is 4.02. The van der Waals surface area contributed by atoms with Crippen LogP contribution in [0.3, 0.4) is 0 Å². The van der Waals surface area contributed by atoms with E-state index in [1.807, 2.05) is 25.1 Å². The van der Waals surface area contributed by atoms with Gasteiger partial charge in [0.15, 0.2) is 11.5 Å². The Morgan fingerprint density at radius 2 is 2.07 bits per heavy atom. The standard InChI is InChI=1S/C23H23N3O3S/c1-2-29-21-10-17(8-9-20(21)27)18-11-22(28)26-14-25(13-16-6-4-3-5-7-16)15-30-23(26)19(18)12-24/h3-10,18,27H,2,11,13-15H2,1H3/t18-/m1/s1. The number of allylic oxidation sites excluding steroid dienone is 1. The molecule has 7 heteroatoms. The number of amides is 1. The Balaban J connectivity index is 1.60. The van der Waals surface area contributed by atoms with Gasteiger partial charge in [-0.1, -0.05) is 48.2 Å². The molecule has 2 aliphatic rings. The van der Waals surface area contributed by atoms with Gasteiger partial charge < -0.3 is 9.84 Å². The van der Waals surface area contributed by atoms with Crippen molar-refractivity contribution in [3.8, 4) is 17.6 Å². The van der Waals surface area contributed by atoms with Crippen molar-refractivity contribution in [2.24, 2.45) is 0 Å². The van der Waals surface area contributed by atoms with Gasteiger partial charge in [-0.25, -0.2) is 0 Å². The zero-order valence-corrected chi connectivity index (χ0v) is 17.6. The Hall–Kier alpha value is -2.95. The summed E-state index contributed by atoms with van der Waals surface area (Å²) in [5, 5.41) is 20.7. The molecular weight excluding hydrogens is 398 g/mol. The van der Waals surface area contributed by atoms with Crippen LogP contribution in [0.4, 0.5) is 0 Å². The number of fused-ring (bicyclic) bond motifs is 1. The molecule has 1 fully saturated rings. The minimum absolute atomic E-state index is 0.00490. The number of benzene rings is 2. The number of nitriles is 1. The lowest BCUT2D eigenvalue weighted by atomic mass is 9.86. The van der Waals surface area contributed by atoms with Crippen LogP contribution in [0.5, 0.6) is 11.5 Å². The first-order valence-corrected chi connectivity index (χ1v) is 10.9. The molecule has 6 nitrogen and oxygen atoms in total. The maximum atomic E-state index is 13.0. The maximum absolute atomic E-state index is 13.0. The van der Waals surface area contributed by atoms with Gasteiger partial charge in [0, 0.05) is 18.9 Å². The van der Waals surface area contributed by atoms with Gasteiger partial charge in [-0.15, -0.1) is 0 Å². The van der Waals surface area contributed by atoms with Crippen LogP contribution in [-0.2, 0) is 11.3 Å². The van der Waals surface area contributed by atoms with Crippen molar-refractivity contribution in [2.45, 2.75) is 25.8 Å². The van der Waals surface area contributed by atoms with Crippen molar-refractivity contribution in [3.63, 3.8) is 0 Å². The molecule has 1 N–H and O–H groups in total. The molecule has 0 aromatic heterocycles. The fraction of sp³-hybridized carbons (Fsp3) is 0.304. The second-order valence-electron chi connectivity index (χ2n) is 7.30. The van der Waals surface area contributed by atoms with Gasteiger partial charge in [-0.3, -0.25) is 14.6 Å². The number of thioether (sulfide) groups is 1. The van der Waals surface area contributed by atoms with Gasteiger partial charge in [-0.05, 0) is 30.2 Å². The summed E-state index contributed by atoms with van der Waals surface area (Å²) in [5.74, 6) is 0.815. The average molecular weight is 422 g/mol. The first-order chi connectivity index (χ1) is 14.6. The second kappa shape index (κ2) is 8.82. The minimum Gasteiger partial charge on any atom is -0.504 e. The van der Waals surface area contributed by atoms with Gasteiger partial charge in [0.1, 0.15) is 0 Å². The molecule has 0 radical (unpaired) electrons. The lowest BCUT2D eigenvalue weighted by molar-refractivity contribution is -0.131. The number of carbonyl (C=O) groups is 1. The highest BCUT2D eigenvalue weighted by molar-refractivity contribution is 8.03. The molecule has 154 valence electrons. The quantitative estimate of drug-likeness (QED) is 0.786. The van der Waals surface area contributed by atoms with Gasteiger partial charge >= 0.3 is 0 Å². The molecule has 0 aliphatic carbocycles. The summed E-state index contributed by atoms with van der Waals surface area (Å²) in [5.41, 5.74) is 2.61. The van der Waals surface area contributed by atoms with E-state index in [-0.39, 0.29) is 24.0 Å². The Morgan fingerprint density at radius 1 is 1.27 bits per heavy atom. The fourth-order valence-corrected chi connectivity index (χ4v) is 4.99. The molecule has 2 aliphatic heterocycles. The summed E-state index contributed by atoms with van der Waals surface area (Å²) in [4.78, 5) is 16.9. The number of hydrogen-bond donors (Lipinski definition) is 1. The molecular formula is C23H23N3O3S. The number of rotatable bonds is 5. The molecule has 0 saturated carbocycles. The Bertz CT molecular complexity index is 1020. The molecule has 2 heterocycles. The smallest absolute Gasteiger partial charge is 0.229 e. The van der Waals surface area contributed by atoms with Crippen molar-refractivity contribution >= 4 is 17.7 Å². The molecule has 0 spiro atoms. The van der Waals surface area contributed by atoms with Gasteiger partial charge in [0.05, 0.1) is 35.8 Å². The lowest BCUT2D eigenvalue weighted by Gasteiger charge is -2.41. The van der Waals surface area contributed by atoms with Crippen LogP contribution in [0.1, 0.15) is 30.4 Å². The van der Waals surface area contributed by atoms with E-state index >= 15 is 0 Å². The SMILES string of the molecule is CCOc1cc([C@H]2CC(=O)N3CN(Cc4ccccc4)CSC3=C2C#N)ccc1O. The largest absolute Gasteiger partial charge is 0.504 e. The summed E-state index contributed by atoms with van der Waals surface area (Å²) in [6.07, 6.45) is 0.225. The molecule has 4 rings (SSSR count). The molecule has 1 atom stereocenters. The van der Waals surface area contributed by atoms with E-state index in [4.69, 9.17) is 4.74 Å². The summed E-state index contributed by atoms with van der Waals surface area (Å²) in [6, 6.07) is 17.6. The number of phenolic OH excluding ortho intramolecular Hbond substituents is 1. The van der Waals surface area contributed by atoms with Crippen molar-refractivity contribution in [2.75, 3.05) is 19.2 Å². The fourth-order valence-electron chi connectivity index (χ4n) is 3.85. The number of ether oxygens (including phenoxy) is 1. The van der Waals surface area contributed by atoms with Crippen LogP contribution in [0, 0.1) is 11.3 Å². The Morgan fingerprint density at radius 3 is 2.80 bits per heavy atom. The highest BCUT2D eigenvalue weighted by Gasteiger charge is 2.38. The summed E-state index contributed by atoms with van der Waals surface area (Å²) in [6.45, 7) is 3.50. The summed E-state index contributed by atoms with van der Waals surface area (Å²) >= 11 is 1.53. The first-order valence-electron chi connectivity index (χ1n) is 9.90. The van der Waals surface area contributed by atoms with Gasteiger partial charge in [0.2, 0.25) is 5.91 Å². The maximum Gasteiger partial charge on any atom is 0.229 e. The van der Waals surface area contributed by atoms with E-state index in [1.54, 1.807) is 23.1 Å². The number of aromatic hydroxyl groups is 1. The third-order valence-corrected chi connectivity index (χ3v) is 6.49. The van der Waals surface area contributed by atoms with Crippen molar-refractivity contribution in [3.05, 3.63) is 70.3 Å². The zero-order chi connectivity index (χ0) is 21.1. The van der Waals surface area contributed by atoms with Crippen LogP contribution in [0.25, 0.3) is 0 Å². The molecule has 30 heavy (non-hydrogen) atoms. The number of hydrogen-bond acceptors (Lipinski definition) is 6. The van der Waals surface area contributed by atoms with Crippen LogP contribution in [0.15, 0.2) is 59.1 Å². The summed E-state index contributed by atoms with van der Waals surface area (Å²) < 4.78 is 5.48. The minimum atomic E-state index is -0.332. The van der Waals surface area contributed by atoms with Gasteiger partial charge in [0.25, 0.3) is 0 Å². The van der Waals surface area contributed by atoms with E-state index < -0.39 is 0 Å².